The Bertz CT molecular complexity index is 1390. The molecule has 2 aliphatic heterocycles. The van der Waals surface area contributed by atoms with Crippen LogP contribution in [0.25, 0.3) is 0 Å². The third-order valence-electron chi connectivity index (χ3n) is 9.36. The summed E-state index contributed by atoms with van der Waals surface area (Å²) >= 11 is 6.04. The normalized spacial score (nSPS) is 16.4. The van der Waals surface area contributed by atoms with Gasteiger partial charge < -0.3 is 25.5 Å². The molecule has 0 aromatic heterocycles. The zero-order valence-electron chi connectivity index (χ0n) is 25.7. The number of benzene rings is 3. The van der Waals surface area contributed by atoms with Crippen molar-refractivity contribution >= 4 is 29.4 Å². The van der Waals surface area contributed by atoms with Crippen LogP contribution < -0.4 is 10.6 Å². The minimum atomic E-state index is -0.986. The van der Waals surface area contributed by atoms with Gasteiger partial charge in [-0.15, -0.1) is 0 Å². The predicted octanol–water partition coefficient (Wildman–Crippen LogP) is 5.23. The van der Waals surface area contributed by atoms with Crippen LogP contribution >= 0.6 is 11.6 Å². The van der Waals surface area contributed by atoms with Crippen LogP contribution in [-0.2, 0) is 20.6 Å². The molecule has 3 aromatic carbocycles. The second-order valence-electron chi connectivity index (χ2n) is 12.2. The van der Waals surface area contributed by atoms with Crippen LogP contribution in [0.3, 0.4) is 0 Å². The van der Waals surface area contributed by atoms with Crippen molar-refractivity contribution in [2.45, 2.75) is 56.0 Å². The molecule has 0 bridgehead atoms. The van der Waals surface area contributed by atoms with Gasteiger partial charge in [-0.1, -0.05) is 84.4 Å². The van der Waals surface area contributed by atoms with Gasteiger partial charge in [-0.05, 0) is 60.9 Å². The first kappa shape index (κ1) is 32.5. The quantitative estimate of drug-likeness (QED) is 0.239. The van der Waals surface area contributed by atoms with E-state index in [-0.39, 0.29) is 24.3 Å². The summed E-state index contributed by atoms with van der Waals surface area (Å²) in [5, 5.41) is 18.0. The van der Waals surface area contributed by atoms with Crippen molar-refractivity contribution in [3.8, 4) is 0 Å². The molecule has 0 unspecified atom stereocenters. The molecule has 2 aliphatic rings. The smallest absolute Gasteiger partial charge is 0.314 e. The van der Waals surface area contributed by atoms with E-state index in [0.717, 1.165) is 29.7 Å². The van der Waals surface area contributed by atoms with Crippen molar-refractivity contribution in [2.24, 2.45) is 0 Å². The Kier molecular flexibility index (Phi) is 10.8. The van der Waals surface area contributed by atoms with Gasteiger partial charge in [0.25, 0.3) is 0 Å². The summed E-state index contributed by atoms with van der Waals surface area (Å²) in [7, 11) is 0. The Labute approximate surface area is 270 Å². The molecule has 9 heteroatoms. The van der Waals surface area contributed by atoms with Crippen LogP contribution in [-0.4, -0.2) is 72.0 Å². The van der Waals surface area contributed by atoms with Crippen LogP contribution in [0.4, 0.5) is 4.79 Å². The van der Waals surface area contributed by atoms with Crippen molar-refractivity contribution in [2.75, 3.05) is 39.3 Å². The van der Waals surface area contributed by atoms with Gasteiger partial charge in [0.05, 0.1) is 5.60 Å². The molecule has 0 atom stereocenters. The average molecular weight is 631 g/mol. The van der Waals surface area contributed by atoms with Gasteiger partial charge in [-0.3, -0.25) is 9.59 Å². The topological polar surface area (TPSA) is 102 Å². The molecule has 0 saturated carbocycles. The highest BCUT2D eigenvalue weighted by molar-refractivity contribution is 6.30. The van der Waals surface area contributed by atoms with Gasteiger partial charge in [-0.25, -0.2) is 4.79 Å². The average Bonchev–Trinajstić information content (AvgIpc) is 3.48. The number of carbonyl (C=O) groups is 3. The Morgan fingerprint density at radius 1 is 0.867 bits per heavy atom. The van der Waals surface area contributed by atoms with Crippen molar-refractivity contribution in [3.63, 3.8) is 0 Å². The number of hydrogen-bond acceptors (Lipinski definition) is 4. The van der Waals surface area contributed by atoms with Crippen LogP contribution in [0.5, 0.6) is 0 Å². The SMILES string of the molecule is O=C(NCCCN1CCCC1=O)NCC(CCC(=O)N1CCC(O)(c2ccc(Cl)cc2)CC1)(c1ccccc1)c1ccccc1. The van der Waals surface area contributed by atoms with E-state index in [0.29, 0.717) is 69.9 Å². The summed E-state index contributed by atoms with van der Waals surface area (Å²) in [5.74, 6) is 0.219. The molecule has 0 spiro atoms. The lowest BCUT2D eigenvalue weighted by atomic mass is 9.71. The number of halogens is 1. The maximum absolute atomic E-state index is 13.6. The molecule has 3 aromatic rings. The van der Waals surface area contributed by atoms with E-state index in [2.05, 4.69) is 34.9 Å². The number of carbonyl (C=O) groups excluding carboxylic acids is 3. The molecule has 3 N–H and O–H groups in total. The van der Waals surface area contributed by atoms with E-state index in [1.165, 1.54) is 0 Å². The summed E-state index contributed by atoms with van der Waals surface area (Å²) < 4.78 is 0. The number of rotatable bonds is 12. The molecule has 8 nitrogen and oxygen atoms in total. The number of aliphatic hydroxyl groups is 1. The Hall–Kier alpha value is -3.88. The standard InChI is InChI=1S/C36H43ClN4O4/c37-31-16-14-30(15-17-31)36(45)20-25-41(26-21-36)33(43)18-19-35(28-9-3-1-4-10-28,29-11-5-2-6-12-29)27-39-34(44)38-22-8-24-40-23-7-13-32(40)42/h1-6,9-12,14-17,45H,7-8,13,18-27H2,(H2,38,39,44). The zero-order chi connectivity index (χ0) is 31.7. The Morgan fingerprint density at radius 3 is 2.07 bits per heavy atom. The molecule has 0 aliphatic carbocycles. The molecular formula is C36H43ClN4O4. The lowest BCUT2D eigenvalue weighted by Crippen LogP contribution is -2.47. The highest BCUT2D eigenvalue weighted by Gasteiger charge is 2.38. The molecule has 2 heterocycles. The molecule has 45 heavy (non-hydrogen) atoms. The Balaban J connectivity index is 1.25. The van der Waals surface area contributed by atoms with Crippen LogP contribution in [0.2, 0.25) is 5.02 Å². The first-order valence-corrected chi connectivity index (χ1v) is 16.3. The molecule has 238 valence electrons. The minimum absolute atomic E-state index is 0.0327. The van der Waals surface area contributed by atoms with Gasteiger partial charge in [0.2, 0.25) is 11.8 Å². The summed E-state index contributed by atoms with van der Waals surface area (Å²) in [4.78, 5) is 42.2. The summed E-state index contributed by atoms with van der Waals surface area (Å²) in [6.07, 6.45) is 3.90. The monoisotopic (exact) mass is 630 g/mol. The molecule has 5 rings (SSSR count). The van der Waals surface area contributed by atoms with E-state index < -0.39 is 11.0 Å². The van der Waals surface area contributed by atoms with E-state index in [1.54, 1.807) is 12.1 Å². The van der Waals surface area contributed by atoms with E-state index in [4.69, 9.17) is 11.6 Å². The molecule has 2 saturated heterocycles. The number of amides is 4. The van der Waals surface area contributed by atoms with Gasteiger partial charge >= 0.3 is 6.03 Å². The van der Waals surface area contributed by atoms with Crippen LogP contribution in [0, 0.1) is 0 Å². The fourth-order valence-corrected chi connectivity index (χ4v) is 6.75. The number of likely N-dealkylation sites (tertiary alicyclic amines) is 2. The fourth-order valence-electron chi connectivity index (χ4n) is 6.62. The maximum Gasteiger partial charge on any atom is 0.314 e. The van der Waals surface area contributed by atoms with Gasteiger partial charge in [-0.2, -0.15) is 0 Å². The van der Waals surface area contributed by atoms with E-state index >= 15 is 0 Å². The van der Waals surface area contributed by atoms with E-state index in [9.17, 15) is 19.5 Å². The van der Waals surface area contributed by atoms with Crippen molar-refractivity contribution in [1.29, 1.82) is 0 Å². The maximum atomic E-state index is 13.6. The summed E-state index contributed by atoms with van der Waals surface area (Å²) in [5.41, 5.74) is 1.23. The van der Waals surface area contributed by atoms with E-state index in [1.807, 2.05) is 58.3 Å². The predicted molar refractivity (Wildman–Crippen MR) is 176 cm³/mol. The second kappa shape index (κ2) is 14.9. The number of urea groups is 1. The third kappa shape index (κ3) is 8.05. The van der Waals surface area contributed by atoms with Crippen LogP contribution in [0.15, 0.2) is 84.9 Å². The van der Waals surface area contributed by atoms with Gasteiger partial charge in [0.15, 0.2) is 0 Å². The number of nitrogens with zero attached hydrogens (tertiary/aromatic N) is 2. The number of nitrogens with one attached hydrogen (secondary N) is 2. The van der Waals surface area contributed by atoms with Crippen molar-refractivity contribution < 1.29 is 19.5 Å². The highest BCUT2D eigenvalue weighted by atomic mass is 35.5. The van der Waals surface area contributed by atoms with Crippen molar-refractivity contribution in [3.05, 3.63) is 107 Å². The van der Waals surface area contributed by atoms with Crippen molar-refractivity contribution in [1.82, 2.24) is 20.4 Å². The number of hydrogen-bond donors (Lipinski definition) is 3. The Morgan fingerprint density at radius 2 is 1.49 bits per heavy atom. The van der Waals surface area contributed by atoms with Gasteiger partial charge in [0, 0.05) is 62.5 Å². The summed E-state index contributed by atoms with van der Waals surface area (Å²) in [6, 6.07) is 27.1. The second-order valence-corrected chi connectivity index (χ2v) is 12.6. The highest BCUT2D eigenvalue weighted by Crippen LogP contribution is 2.38. The summed E-state index contributed by atoms with van der Waals surface area (Å²) in [6.45, 7) is 3.14. The molecule has 0 radical (unpaired) electrons. The molecular weight excluding hydrogens is 588 g/mol. The molecule has 4 amide bonds. The lowest BCUT2D eigenvalue weighted by Gasteiger charge is -2.40. The minimum Gasteiger partial charge on any atom is -0.385 e. The third-order valence-corrected chi connectivity index (χ3v) is 9.61. The fraction of sp³-hybridized carbons (Fsp3) is 0.417. The van der Waals surface area contributed by atoms with Crippen LogP contribution in [0.1, 0.15) is 61.6 Å². The lowest BCUT2D eigenvalue weighted by molar-refractivity contribution is -0.136. The molecule has 2 fully saturated rings. The zero-order valence-corrected chi connectivity index (χ0v) is 26.5. The van der Waals surface area contributed by atoms with Gasteiger partial charge in [0.1, 0.15) is 0 Å². The number of piperidine rings is 1. The first-order chi connectivity index (χ1) is 21.8. The largest absolute Gasteiger partial charge is 0.385 e. The first-order valence-electron chi connectivity index (χ1n) is 16.0.